The van der Waals surface area contributed by atoms with Crippen LogP contribution in [0.2, 0.25) is 0 Å². The molecule has 1 heteroatoms. The number of hydrogen-bond acceptors (Lipinski definition) is 0. The highest BCUT2D eigenvalue weighted by atomic mass is 14.7. The molecule has 0 bridgehead atoms. The first-order chi connectivity index (χ1) is 8.63. The second kappa shape index (κ2) is 4.02. The summed E-state index contributed by atoms with van der Waals surface area (Å²) in [6.07, 6.45) is 0. The lowest BCUT2D eigenvalue weighted by molar-refractivity contribution is 1.35. The smallest absolute Gasteiger partial charge is 0.0464 e. The van der Waals surface area contributed by atoms with Gasteiger partial charge in [0.05, 0.1) is 0 Å². The molecule has 3 aromatic rings. The Labute approximate surface area is 107 Å². The number of benzene rings is 2. The summed E-state index contributed by atoms with van der Waals surface area (Å²) in [5.41, 5.74) is 7.63. The second-order valence-corrected chi connectivity index (χ2v) is 5.08. The van der Waals surface area contributed by atoms with Crippen molar-refractivity contribution in [1.29, 1.82) is 0 Å². The lowest BCUT2D eigenvalue weighted by atomic mass is 10.1. The van der Waals surface area contributed by atoms with Gasteiger partial charge in [0.25, 0.3) is 0 Å². The van der Waals surface area contributed by atoms with Gasteiger partial charge in [-0.3, -0.25) is 0 Å². The van der Waals surface area contributed by atoms with E-state index in [1.807, 2.05) is 0 Å². The maximum atomic E-state index is 3.51. The van der Waals surface area contributed by atoms with Gasteiger partial charge in [-0.2, -0.15) is 0 Å². The van der Waals surface area contributed by atoms with E-state index < -0.39 is 0 Å². The molecule has 0 spiro atoms. The maximum absolute atomic E-state index is 3.51. The van der Waals surface area contributed by atoms with Crippen LogP contribution < -0.4 is 0 Å². The Morgan fingerprint density at radius 3 is 2.39 bits per heavy atom. The molecule has 2 aromatic carbocycles. The van der Waals surface area contributed by atoms with Crippen LogP contribution in [0.15, 0.2) is 42.5 Å². The second-order valence-electron chi connectivity index (χ2n) is 5.08. The minimum Gasteiger partial charge on any atom is -0.355 e. The summed E-state index contributed by atoms with van der Waals surface area (Å²) >= 11 is 0. The van der Waals surface area contributed by atoms with Crippen molar-refractivity contribution in [3.63, 3.8) is 0 Å². The normalized spacial score (nSPS) is 11.1. The summed E-state index contributed by atoms with van der Waals surface area (Å²) in [7, 11) is 0. The van der Waals surface area contributed by atoms with Gasteiger partial charge in [-0.1, -0.05) is 23.8 Å². The molecule has 0 unspecified atom stereocenters. The fourth-order valence-corrected chi connectivity index (χ4v) is 2.37. The number of rotatable bonds is 1. The molecule has 0 saturated carbocycles. The highest BCUT2D eigenvalue weighted by molar-refractivity contribution is 5.87. The van der Waals surface area contributed by atoms with Crippen molar-refractivity contribution >= 4 is 10.9 Å². The van der Waals surface area contributed by atoms with Crippen molar-refractivity contribution in [3.8, 4) is 11.3 Å². The van der Waals surface area contributed by atoms with Crippen LogP contribution in [0, 0.1) is 20.8 Å². The fraction of sp³-hybridized carbons (Fsp3) is 0.176. The number of hydrogen-bond donors (Lipinski definition) is 1. The largest absolute Gasteiger partial charge is 0.355 e. The first kappa shape index (κ1) is 11.1. The number of H-pyrrole nitrogens is 1. The monoisotopic (exact) mass is 235 g/mol. The van der Waals surface area contributed by atoms with Crippen LogP contribution >= 0.6 is 0 Å². The molecule has 0 radical (unpaired) electrons. The third-order valence-electron chi connectivity index (χ3n) is 3.56. The molecule has 1 N–H and O–H groups in total. The molecule has 0 amide bonds. The number of aryl methyl sites for hydroxylation is 3. The van der Waals surface area contributed by atoms with Crippen molar-refractivity contribution in [2.45, 2.75) is 20.8 Å². The third kappa shape index (κ3) is 1.82. The minimum absolute atomic E-state index is 1.19. The van der Waals surface area contributed by atoms with E-state index in [4.69, 9.17) is 0 Å². The molecule has 1 aromatic heterocycles. The predicted octanol–water partition coefficient (Wildman–Crippen LogP) is 4.76. The van der Waals surface area contributed by atoms with E-state index in [2.05, 4.69) is 68.2 Å². The zero-order valence-corrected chi connectivity index (χ0v) is 11.0. The molecule has 0 fully saturated rings. The number of aromatic amines is 1. The van der Waals surface area contributed by atoms with E-state index in [0.29, 0.717) is 0 Å². The van der Waals surface area contributed by atoms with E-state index in [0.717, 1.165) is 0 Å². The van der Waals surface area contributed by atoms with Crippen LogP contribution in [-0.4, -0.2) is 4.98 Å². The number of aromatic nitrogens is 1. The fourth-order valence-electron chi connectivity index (χ4n) is 2.37. The summed E-state index contributed by atoms with van der Waals surface area (Å²) in [4.78, 5) is 3.51. The Morgan fingerprint density at radius 2 is 1.61 bits per heavy atom. The van der Waals surface area contributed by atoms with E-state index >= 15 is 0 Å². The molecule has 3 rings (SSSR count). The standard InChI is InChI=1S/C17H17N/c1-11-5-4-6-14(7-11)17-10-15-8-12(2)13(3)9-16(15)18-17/h4-10,18H,1-3H3. The van der Waals surface area contributed by atoms with Crippen LogP contribution in [0.3, 0.4) is 0 Å². The topological polar surface area (TPSA) is 15.8 Å². The van der Waals surface area contributed by atoms with Crippen molar-refractivity contribution in [3.05, 3.63) is 59.2 Å². The first-order valence-electron chi connectivity index (χ1n) is 6.30. The Kier molecular flexibility index (Phi) is 2.48. The zero-order chi connectivity index (χ0) is 12.7. The molecule has 0 aliphatic heterocycles. The molecule has 0 aliphatic rings. The summed E-state index contributed by atoms with van der Waals surface area (Å²) in [6, 6.07) is 15.3. The van der Waals surface area contributed by atoms with Crippen molar-refractivity contribution in [2.75, 3.05) is 0 Å². The molecular formula is C17H17N. The van der Waals surface area contributed by atoms with Gasteiger partial charge >= 0.3 is 0 Å². The summed E-state index contributed by atoms with van der Waals surface area (Å²) < 4.78 is 0. The maximum Gasteiger partial charge on any atom is 0.0464 e. The van der Waals surface area contributed by atoms with Gasteiger partial charge in [0, 0.05) is 16.6 Å². The van der Waals surface area contributed by atoms with E-state index in [1.165, 1.54) is 38.9 Å². The SMILES string of the molecule is Cc1cccc(-c2cc3cc(C)c(C)cc3[nH]2)c1. The van der Waals surface area contributed by atoms with E-state index in [9.17, 15) is 0 Å². The van der Waals surface area contributed by atoms with Crippen LogP contribution in [0.25, 0.3) is 22.2 Å². The van der Waals surface area contributed by atoms with Crippen molar-refractivity contribution < 1.29 is 0 Å². The van der Waals surface area contributed by atoms with Crippen molar-refractivity contribution in [1.82, 2.24) is 4.98 Å². The van der Waals surface area contributed by atoms with Crippen LogP contribution in [0.1, 0.15) is 16.7 Å². The number of nitrogens with one attached hydrogen (secondary N) is 1. The molecule has 1 heterocycles. The third-order valence-corrected chi connectivity index (χ3v) is 3.56. The molecular weight excluding hydrogens is 218 g/mol. The predicted molar refractivity (Wildman–Crippen MR) is 77.9 cm³/mol. The van der Waals surface area contributed by atoms with E-state index in [1.54, 1.807) is 0 Å². The molecule has 0 aliphatic carbocycles. The molecule has 0 saturated heterocycles. The molecule has 90 valence electrons. The average Bonchev–Trinajstić information content (AvgIpc) is 2.73. The Hall–Kier alpha value is -2.02. The van der Waals surface area contributed by atoms with Gasteiger partial charge < -0.3 is 4.98 Å². The van der Waals surface area contributed by atoms with Gasteiger partial charge in [0.15, 0.2) is 0 Å². The van der Waals surface area contributed by atoms with Gasteiger partial charge in [0.2, 0.25) is 0 Å². The summed E-state index contributed by atoms with van der Waals surface area (Å²) in [6.45, 7) is 6.44. The Balaban J connectivity index is 2.19. The highest BCUT2D eigenvalue weighted by Gasteiger charge is 2.05. The van der Waals surface area contributed by atoms with Crippen molar-refractivity contribution in [2.24, 2.45) is 0 Å². The summed E-state index contributed by atoms with van der Waals surface area (Å²) in [5, 5.41) is 1.29. The minimum atomic E-state index is 1.19. The van der Waals surface area contributed by atoms with Gasteiger partial charge in [-0.15, -0.1) is 0 Å². The lowest BCUT2D eigenvalue weighted by Gasteiger charge is -1.99. The Morgan fingerprint density at radius 1 is 0.833 bits per heavy atom. The van der Waals surface area contributed by atoms with E-state index in [-0.39, 0.29) is 0 Å². The quantitative estimate of drug-likeness (QED) is 0.626. The Bertz CT molecular complexity index is 681. The highest BCUT2D eigenvalue weighted by Crippen LogP contribution is 2.26. The zero-order valence-electron chi connectivity index (χ0n) is 11.0. The van der Waals surface area contributed by atoms with Crippen LogP contribution in [0.5, 0.6) is 0 Å². The summed E-state index contributed by atoms with van der Waals surface area (Å²) in [5.74, 6) is 0. The average molecular weight is 235 g/mol. The first-order valence-corrected chi connectivity index (χ1v) is 6.30. The van der Waals surface area contributed by atoms with Gasteiger partial charge in [-0.05, 0) is 61.7 Å². The van der Waals surface area contributed by atoms with Crippen LogP contribution in [-0.2, 0) is 0 Å². The molecule has 0 atom stereocenters. The number of fused-ring (bicyclic) bond motifs is 1. The lowest BCUT2D eigenvalue weighted by Crippen LogP contribution is -1.80. The van der Waals surface area contributed by atoms with Gasteiger partial charge in [-0.25, -0.2) is 0 Å². The molecule has 18 heavy (non-hydrogen) atoms. The van der Waals surface area contributed by atoms with Gasteiger partial charge in [0.1, 0.15) is 0 Å². The molecule has 1 nitrogen and oxygen atoms in total. The van der Waals surface area contributed by atoms with Crippen LogP contribution in [0.4, 0.5) is 0 Å².